The zero-order chi connectivity index (χ0) is 11.2. The second-order valence-electron chi connectivity index (χ2n) is 4.15. The van der Waals surface area contributed by atoms with Gasteiger partial charge in [-0.2, -0.15) is 0 Å². The molecule has 2 rings (SSSR count). The molecule has 0 radical (unpaired) electrons. The number of carbonyl (C=O) groups is 1. The summed E-state index contributed by atoms with van der Waals surface area (Å²) < 4.78 is 1.91. The summed E-state index contributed by atoms with van der Waals surface area (Å²) in [5, 5.41) is 6.30. The van der Waals surface area contributed by atoms with Crippen LogP contribution >= 0.6 is 24.8 Å². The average molecular weight is 295 g/mol. The highest BCUT2D eigenvalue weighted by Gasteiger charge is 2.14. The highest BCUT2D eigenvalue weighted by atomic mass is 35.5. The number of aromatic nitrogens is 2. The van der Waals surface area contributed by atoms with Crippen molar-refractivity contribution >= 4 is 30.7 Å². The first-order valence-electron chi connectivity index (χ1n) is 5.80. The SMILES string of the molecule is Cl.Cl.O=C(CCn1ccnc1)NCC1CCCN1. The highest BCUT2D eigenvalue weighted by Crippen LogP contribution is 2.03. The lowest BCUT2D eigenvalue weighted by Crippen LogP contribution is -2.37. The van der Waals surface area contributed by atoms with Crippen molar-refractivity contribution in [3.8, 4) is 0 Å². The second-order valence-corrected chi connectivity index (χ2v) is 4.15. The van der Waals surface area contributed by atoms with Crippen molar-refractivity contribution in [2.24, 2.45) is 0 Å². The summed E-state index contributed by atoms with van der Waals surface area (Å²) in [4.78, 5) is 15.5. The standard InChI is InChI=1S/C11H18N4O.2ClH/c16-11(3-6-15-7-5-12-9-15)14-8-10-2-1-4-13-10;;/h5,7,9-10,13H,1-4,6,8H2,(H,14,16);2*1H. The van der Waals surface area contributed by atoms with Crippen LogP contribution in [0.3, 0.4) is 0 Å². The van der Waals surface area contributed by atoms with Gasteiger partial charge in [0.15, 0.2) is 0 Å². The maximum Gasteiger partial charge on any atom is 0.221 e. The molecule has 0 spiro atoms. The fourth-order valence-corrected chi connectivity index (χ4v) is 1.91. The summed E-state index contributed by atoms with van der Waals surface area (Å²) in [5.74, 6) is 0.113. The van der Waals surface area contributed by atoms with Crippen LogP contribution in [0.1, 0.15) is 19.3 Å². The monoisotopic (exact) mass is 294 g/mol. The van der Waals surface area contributed by atoms with E-state index in [0.717, 1.165) is 13.1 Å². The van der Waals surface area contributed by atoms with Crippen LogP contribution in [-0.4, -0.2) is 34.6 Å². The summed E-state index contributed by atoms with van der Waals surface area (Å²) >= 11 is 0. The molecule has 1 aromatic heterocycles. The van der Waals surface area contributed by atoms with Gasteiger partial charge in [-0.15, -0.1) is 24.8 Å². The molecule has 1 atom stereocenters. The molecule has 1 unspecified atom stereocenters. The van der Waals surface area contributed by atoms with E-state index >= 15 is 0 Å². The van der Waals surface area contributed by atoms with Crippen molar-refractivity contribution in [1.82, 2.24) is 20.2 Å². The lowest BCUT2D eigenvalue weighted by molar-refractivity contribution is -0.121. The third-order valence-electron chi connectivity index (χ3n) is 2.86. The summed E-state index contributed by atoms with van der Waals surface area (Å²) in [6, 6.07) is 0.470. The number of carbonyl (C=O) groups excluding carboxylic acids is 1. The molecule has 5 nitrogen and oxygen atoms in total. The Kier molecular flexibility index (Phi) is 8.79. The number of hydrogen-bond donors (Lipinski definition) is 2. The first-order chi connectivity index (χ1) is 7.84. The molecule has 1 aliphatic heterocycles. The van der Waals surface area contributed by atoms with E-state index < -0.39 is 0 Å². The number of nitrogens with one attached hydrogen (secondary N) is 2. The van der Waals surface area contributed by atoms with E-state index in [-0.39, 0.29) is 30.7 Å². The molecular weight excluding hydrogens is 275 g/mol. The number of halogens is 2. The first-order valence-corrected chi connectivity index (χ1v) is 5.80. The van der Waals surface area contributed by atoms with Crippen LogP contribution in [0.25, 0.3) is 0 Å². The molecule has 0 aliphatic carbocycles. The Morgan fingerprint density at radius 2 is 2.33 bits per heavy atom. The molecule has 0 aromatic carbocycles. The zero-order valence-electron chi connectivity index (χ0n) is 10.2. The van der Waals surface area contributed by atoms with Crippen LogP contribution in [0.2, 0.25) is 0 Å². The Hall–Kier alpha value is -0.780. The van der Waals surface area contributed by atoms with Crippen LogP contribution in [-0.2, 0) is 11.3 Å². The largest absolute Gasteiger partial charge is 0.354 e. The Morgan fingerprint density at radius 3 is 2.94 bits per heavy atom. The van der Waals surface area contributed by atoms with E-state index in [2.05, 4.69) is 15.6 Å². The molecule has 1 saturated heterocycles. The fraction of sp³-hybridized carbons (Fsp3) is 0.636. The lowest BCUT2D eigenvalue weighted by Gasteiger charge is -2.11. The third-order valence-corrected chi connectivity index (χ3v) is 2.86. The van der Waals surface area contributed by atoms with E-state index in [1.807, 2.05) is 10.8 Å². The van der Waals surface area contributed by atoms with Gasteiger partial charge in [0.1, 0.15) is 0 Å². The zero-order valence-corrected chi connectivity index (χ0v) is 11.8. The van der Waals surface area contributed by atoms with Gasteiger partial charge in [0, 0.05) is 37.9 Å². The second kappa shape index (κ2) is 9.19. The van der Waals surface area contributed by atoms with Gasteiger partial charge in [-0.1, -0.05) is 0 Å². The predicted octanol–water partition coefficient (Wildman–Crippen LogP) is 0.985. The number of hydrogen-bond acceptors (Lipinski definition) is 3. The van der Waals surface area contributed by atoms with Crippen LogP contribution in [0.5, 0.6) is 0 Å². The summed E-state index contributed by atoms with van der Waals surface area (Å²) in [7, 11) is 0. The van der Waals surface area contributed by atoms with Gasteiger partial charge in [-0.05, 0) is 19.4 Å². The van der Waals surface area contributed by atoms with Gasteiger partial charge < -0.3 is 15.2 Å². The van der Waals surface area contributed by atoms with Crippen molar-refractivity contribution in [1.29, 1.82) is 0 Å². The number of rotatable bonds is 5. The molecular formula is C11H20Cl2N4O. The van der Waals surface area contributed by atoms with Crippen LogP contribution in [0.15, 0.2) is 18.7 Å². The molecule has 1 fully saturated rings. The van der Waals surface area contributed by atoms with Gasteiger partial charge in [-0.3, -0.25) is 4.79 Å². The van der Waals surface area contributed by atoms with Crippen molar-refractivity contribution in [3.05, 3.63) is 18.7 Å². The van der Waals surface area contributed by atoms with Gasteiger partial charge in [-0.25, -0.2) is 4.98 Å². The van der Waals surface area contributed by atoms with Crippen LogP contribution in [0, 0.1) is 0 Å². The molecule has 1 amide bonds. The Morgan fingerprint density at radius 1 is 1.50 bits per heavy atom. The molecule has 0 saturated carbocycles. The van der Waals surface area contributed by atoms with Crippen molar-refractivity contribution in [2.75, 3.05) is 13.1 Å². The minimum atomic E-state index is 0. The molecule has 2 heterocycles. The summed E-state index contributed by atoms with van der Waals surface area (Å²) in [6.45, 7) is 2.53. The maximum atomic E-state index is 11.5. The summed E-state index contributed by atoms with van der Waals surface area (Å²) in [5.41, 5.74) is 0. The number of amides is 1. The molecule has 18 heavy (non-hydrogen) atoms. The molecule has 7 heteroatoms. The predicted molar refractivity (Wildman–Crippen MR) is 75.4 cm³/mol. The van der Waals surface area contributed by atoms with Gasteiger partial charge in [0.25, 0.3) is 0 Å². The van der Waals surface area contributed by atoms with Crippen molar-refractivity contribution in [2.45, 2.75) is 31.8 Å². The topological polar surface area (TPSA) is 59.0 Å². The average Bonchev–Trinajstić information content (AvgIpc) is 2.96. The summed E-state index contributed by atoms with van der Waals surface area (Å²) in [6.07, 6.45) is 8.22. The lowest BCUT2D eigenvalue weighted by atomic mass is 10.2. The molecule has 0 bridgehead atoms. The fourth-order valence-electron chi connectivity index (χ4n) is 1.91. The molecule has 1 aliphatic rings. The Balaban J connectivity index is 0.00000144. The van der Waals surface area contributed by atoms with E-state index in [4.69, 9.17) is 0 Å². The molecule has 1 aromatic rings. The Bertz CT molecular complexity index is 326. The minimum absolute atomic E-state index is 0. The van der Waals surface area contributed by atoms with E-state index in [1.165, 1.54) is 12.8 Å². The maximum absolute atomic E-state index is 11.5. The number of aryl methyl sites for hydroxylation is 1. The third kappa shape index (κ3) is 5.71. The van der Waals surface area contributed by atoms with E-state index in [9.17, 15) is 4.79 Å². The van der Waals surface area contributed by atoms with E-state index in [1.54, 1.807) is 12.5 Å². The van der Waals surface area contributed by atoms with Crippen molar-refractivity contribution in [3.63, 3.8) is 0 Å². The molecule has 2 N–H and O–H groups in total. The van der Waals surface area contributed by atoms with Crippen LogP contribution in [0.4, 0.5) is 0 Å². The minimum Gasteiger partial charge on any atom is -0.354 e. The normalized spacial score (nSPS) is 17.7. The van der Waals surface area contributed by atoms with Gasteiger partial charge >= 0.3 is 0 Å². The number of nitrogens with zero attached hydrogens (tertiary/aromatic N) is 2. The first kappa shape index (κ1) is 17.2. The van der Waals surface area contributed by atoms with Crippen LogP contribution < -0.4 is 10.6 Å². The van der Waals surface area contributed by atoms with E-state index in [0.29, 0.717) is 19.0 Å². The van der Waals surface area contributed by atoms with Gasteiger partial charge in [0.2, 0.25) is 5.91 Å². The highest BCUT2D eigenvalue weighted by molar-refractivity contribution is 5.85. The smallest absolute Gasteiger partial charge is 0.221 e. The Labute approximate surface area is 120 Å². The van der Waals surface area contributed by atoms with Crippen molar-refractivity contribution < 1.29 is 4.79 Å². The quantitative estimate of drug-likeness (QED) is 0.851. The number of imidazole rings is 1. The molecule has 104 valence electrons. The van der Waals surface area contributed by atoms with Gasteiger partial charge in [0.05, 0.1) is 6.33 Å².